The molecule has 6 rings (SSSR count). The molecule has 1 atom stereocenters. The number of aromatic carboxylic acids is 2. The van der Waals surface area contributed by atoms with Crippen molar-refractivity contribution in [3.63, 3.8) is 0 Å². The van der Waals surface area contributed by atoms with Crippen molar-refractivity contribution in [3.05, 3.63) is 130 Å². The molecule has 1 aliphatic heterocycles. The summed E-state index contributed by atoms with van der Waals surface area (Å²) in [5, 5.41) is 48.7. The van der Waals surface area contributed by atoms with Crippen LogP contribution in [0.4, 0.5) is 17.1 Å². The number of aromatic nitrogens is 2. The first kappa shape index (κ1) is 39.6. The number of rotatable bonds is 8. The number of nitrogens with zero attached hydrogens (tertiary/aromatic N) is 6. The van der Waals surface area contributed by atoms with E-state index in [0.29, 0.717) is 28.3 Å². The Kier molecular flexibility index (Phi) is 12.6. The summed E-state index contributed by atoms with van der Waals surface area (Å²) in [5.74, 6) is -2.57. The standard InChI is InChI=1S/2C20H19N3O3.Cr/c2*1-12-9-13(2)18(16(10-12)20(25)26)21-11-17-14(3)22-23(19(17)24)15-7-5-4-6-8-15;/h4-11,24H,1-3H3,(H,25,26);4-11,17H,1-3H3,(H,25,26);/p+1. The van der Waals surface area contributed by atoms with Gasteiger partial charge >= 0.3 is 17.8 Å². The summed E-state index contributed by atoms with van der Waals surface area (Å²) in [6, 6.07) is 25.5. The van der Waals surface area contributed by atoms with Gasteiger partial charge in [0.1, 0.15) is 5.71 Å². The van der Waals surface area contributed by atoms with E-state index in [9.17, 15) is 30.0 Å². The van der Waals surface area contributed by atoms with Crippen LogP contribution in [-0.2, 0) is 17.4 Å². The number of para-hydroxylation sites is 2. The van der Waals surface area contributed by atoms with Crippen molar-refractivity contribution < 1.29 is 52.1 Å². The van der Waals surface area contributed by atoms with Gasteiger partial charge in [-0.05, 0) is 92.7 Å². The molecule has 4 N–H and O–H groups in total. The van der Waals surface area contributed by atoms with E-state index in [1.807, 2.05) is 100 Å². The number of aliphatic hydroxyl groups is 1. The molecule has 1 aromatic heterocycles. The molecule has 0 spiro atoms. The van der Waals surface area contributed by atoms with E-state index in [1.54, 1.807) is 32.2 Å². The number of aryl methyl sites for hydroxylation is 5. The third-order valence-corrected chi connectivity index (χ3v) is 8.31. The Balaban J connectivity index is 0.000000232. The Morgan fingerprint density at radius 2 is 1.26 bits per heavy atom. The first-order valence-electron chi connectivity index (χ1n) is 16.3. The maximum Gasteiger partial charge on any atom is 0.385 e. The van der Waals surface area contributed by atoms with Gasteiger partial charge in [-0.15, -0.1) is 0 Å². The van der Waals surface area contributed by atoms with Gasteiger partial charge in [-0.3, -0.25) is 9.98 Å². The monoisotopic (exact) mass is 751 g/mol. The van der Waals surface area contributed by atoms with E-state index in [1.165, 1.54) is 15.6 Å². The second kappa shape index (κ2) is 16.9. The summed E-state index contributed by atoms with van der Waals surface area (Å²) in [6.07, 6.45) is 3.00. The first-order chi connectivity index (χ1) is 24.8. The zero-order valence-corrected chi connectivity index (χ0v) is 31.3. The number of carbonyl (C=O) groups is 2. The molecule has 13 heteroatoms. The molecule has 0 amide bonds. The van der Waals surface area contributed by atoms with E-state index in [-0.39, 0.29) is 40.3 Å². The van der Waals surface area contributed by atoms with Crippen LogP contribution in [0.5, 0.6) is 5.88 Å². The van der Waals surface area contributed by atoms with Crippen LogP contribution < -0.4 is 0 Å². The van der Waals surface area contributed by atoms with Crippen LogP contribution in [0.25, 0.3) is 5.69 Å². The fourth-order valence-corrected chi connectivity index (χ4v) is 5.82. The normalized spacial score (nSPS) is 13.8. The van der Waals surface area contributed by atoms with Gasteiger partial charge in [-0.25, -0.2) is 14.3 Å². The maximum absolute atomic E-state index is 11.5. The molecule has 0 aliphatic carbocycles. The summed E-state index contributed by atoms with van der Waals surface area (Å²) in [5.41, 5.74) is 7.48. The molecule has 4 aromatic carbocycles. The SMILES string of the molecule is CC1=N[N+](c2ccccc2)=C(O)C1C=Nc1c(C)cc(C)cc1C(=O)O.Cc1cc(C)c(N=Cc2c(C)nn(-c3ccccc3)c2O)c(C(=O)O)c1.[Cr]. The molecule has 270 valence electrons. The molecular weight excluding hydrogens is 712 g/mol. The number of aromatic hydroxyl groups is 1. The third-order valence-electron chi connectivity index (χ3n) is 8.31. The van der Waals surface area contributed by atoms with E-state index >= 15 is 0 Å². The maximum atomic E-state index is 11.5. The van der Waals surface area contributed by atoms with Gasteiger partial charge < -0.3 is 20.4 Å². The Bertz CT molecular complexity index is 2300. The fraction of sp³-hybridized carbons (Fsp3) is 0.175. The Hall–Kier alpha value is -6.16. The second-order valence-electron chi connectivity index (χ2n) is 12.4. The van der Waals surface area contributed by atoms with Crippen LogP contribution >= 0.6 is 0 Å². The van der Waals surface area contributed by atoms with Crippen molar-refractivity contribution in [2.75, 3.05) is 0 Å². The van der Waals surface area contributed by atoms with Crippen molar-refractivity contribution in [2.24, 2.45) is 21.0 Å². The number of aliphatic imine (C=N–C) groups is 2. The number of hydrogen-bond donors (Lipinski definition) is 4. The molecule has 0 radical (unpaired) electrons. The van der Waals surface area contributed by atoms with Crippen molar-refractivity contribution in [2.45, 2.75) is 41.5 Å². The molecule has 0 fully saturated rings. The minimum atomic E-state index is -1.04. The Morgan fingerprint density at radius 1 is 0.755 bits per heavy atom. The number of aliphatic hydroxyl groups excluding tert-OH is 1. The molecule has 0 bridgehead atoms. The molecule has 1 unspecified atom stereocenters. The summed E-state index contributed by atoms with van der Waals surface area (Å²) >= 11 is 0. The first-order valence-corrected chi connectivity index (χ1v) is 16.3. The van der Waals surface area contributed by atoms with Gasteiger partial charge in [0.2, 0.25) is 11.6 Å². The van der Waals surface area contributed by atoms with Crippen molar-refractivity contribution in [1.82, 2.24) is 9.78 Å². The quantitative estimate of drug-likeness (QED) is 0.0920. The van der Waals surface area contributed by atoms with Crippen LogP contribution in [0.3, 0.4) is 0 Å². The average Bonchev–Trinajstić information content (AvgIpc) is 3.56. The van der Waals surface area contributed by atoms with Gasteiger partial charge in [0, 0.05) is 47.0 Å². The zero-order chi connectivity index (χ0) is 37.7. The molecule has 0 saturated carbocycles. The smallest absolute Gasteiger partial charge is 0.385 e. The molecule has 0 saturated heterocycles. The average molecular weight is 752 g/mol. The van der Waals surface area contributed by atoms with Crippen molar-refractivity contribution in [1.29, 1.82) is 0 Å². The van der Waals surface area contributed by atoms with Gasteiger partial charge in [0.25, 0.3) is 0 Å². The van der Waals surface area contributed by atoms with E-state index in [2.05, 4.69) is 20.2 Å². The van der Waals surface area contributed by atoms with Crippen LogP contribution in [0.1, 0.15) is 61.2 Å². The van der Waals surface area contributed by atoms with Gasteiger partial charge in [0.15, 0.2) is 5.92 Å². The minimum Gasteiger partial charge on any atom is -0.493 e. The summed E-state index contributed by atoms with van der Waals surface area (Å²) in [7, 11) is 0. The molecule has 2 heterocycles. The molecule has 53 heavy (non-hydrogen) atoms. The van der Waals surface area contributed by atoms with E-state index in [4.69, 9.17) is 0 Å². The number of carboxylic acid groups (broad SMARTS) is 2. The van der Waals surface area contributed by atoms with Gasteiger partial charge in [-0.2, -0.15) is 5.10 Å². The minimum absolute atomic E-state index is 0. The summed E-state index contributed by atoms with van der Waals surface area (Å²) in [6.45, 7) is 10.9. The van der Waals surface area contributed by atoms with Gasteiger partial charge in [0.05, 0.1) is 39.4 Å². The number of carboxylic acids is 2. The number of hydrogen-bond acceptors (Lipinski definition) is 7. The van der Waals surface area contributed by atoms with Gasteiger partial charge in [-0.1, -0.05) is 48.5 Å². The number of benzene rings is 4. The largest absolute Gasteiger partial charge is 0.493 e. The second-order valence-corrected chi connectivity index (χ2v) is 12.4. The van der Waals surface area contributed by atoms with Crippen LogP contribution in [0.15, 0.2) is 100 Å². The summed E-state index contributed by atoms with van der Waals surface area (Å²) in [4.78, 5) is 31.8. The summed E-state index contributed by atoms with van der Waals surface area (Å²) < 4.78 is 2.89. The predicted molar refractivity (Wildman–Crippen MR) is 202 cm³/mol. The topological polar surface area (TPSA) is 173 Å². The Labute approximate surface area is 317 Å². The van der Waals surface area contributed by atoms with Crippen LogP contribution in [-0.4, -0.2) is 70.9 Å². The molecule has 12 nitrogen and oxygen atoms in total. The molecule has 5 aromatic rings. The van der Waals surface area contributed by atoms with E-state index < -0.39 is 17.9 Å². The Morgan fingerprint density at radius 3 is 1.79 bits per heavy atom. The predicted octanol–water partition coefficient (Wildman–Crippen LogP) is 7.96. The van der Waals surface area contributed by atoms with Crippen molar-refractivity contribution in [3.8, 4) is 11.6 Å². The zero-order valence-electron chi connectivity index (χ0n) is 30.0. The molecular formula is C40H39CrN6O6+. The van der Waals surface area contributed by atoms with Crippen LogP contribution in [0, 0.1) is 40.5 Å². The van der Waals surface area contributed by atoms with E-state index in [0.717, 1.165) is 33.6 Å². The third kappa shape index (κ3) is 8.84. The fourth-order valence-electron chi connectivity index (χ4n) is 5.82. The van der Waals surface area contributed by atoms with Crippen LogP contribution in [0.2, 0.25) is 0 Å². The number of hydrazone groups is 1. The molecule has 1 aliphatic rings. The van der Waals surface area contributed by atoms with Crippen molar-refractivity contribution >= 4 is 53.0 Å².